The molecule has 0 aromatic carbocycles. The fourth-order valence-electron chi connectivity index (χ4n) is 13.0. The van der Waals surface area contributed by atoms with E-state index in [1.165, 1.54) is 334 Å². The van der Waals surface area contributed by atoms with Crippen molar-refractivity contribution in [1.29, 1.82) is 0 Å². The lowest BCUT2D eigenvalue weighted by Crippen LogP contribution is -2.60. The van der Waals surface area contributed by atoms with Gasteiger partial charge in [0, 0.05) is 6.42 Å². The lowest BCUT2D eigenvalue weighted by molar-refractivity contribution is -0.302. The maximum absolute atomic E-state index is 13.2. The largest absolute Gasteiger partial charge is 0.394 e. The van der Waals surface area contributed by atoms with Crippen LogP contribution in [0.3, 0.4) is 0 Å². The highest BCUT2D eigenvalue weighted by Crippen LogP contribution is 2.24. The van der Waals surface area contributed by atoms with Gasteiger partial charge in [0.15, 0.2) is 6.29 Å². The molecule has 1 amide bonds. The van der Waals surface area contributed by atoms with Gasteiger partial charge in [0.2, 0.25) is 5.91 Å². The van der Waals surface area contributed by atoms with Gasteiger partial charge in [-0.2, -0.15) is 0 Å². The van der Waals surface area contributed by atoms with Crippen LogP contribution in [0.4, 0.5) is 0 Å². The summed E-state index contributed by atoms with van der Waals surface area (Å²) in [5, 5.41) is 54.9. The van der Waals surface area contributed by atoms with Crippen LogP contribution in [0.25, 0.3) is 0 Å². The van der Waals surface area contributed by atoms with Crippen LogP contribution in [-0.4, -0.2) is 87.5 Å². The van der Waals surface area contributed by atoms with Crippen molar-refractivity contribution in [3.05, 3.63) is 60.8 Å². The van der Waals surface area contributed by atoms with Crippen LogP contribution in [0.1, 0.15) is 406 Å². The normalized spacial score (nSPS) is 17.9. The molecule has 9 nitrogen and oxygen atoms in total. The number of unbranched alkanes of at least 4 members (excludes halogenated alkanes) is 54. The first kappa shape index (κ1) is 87.9. The molecule has 9 heteroatoms. The van der Waals surface area contributed by atoms with Crippen molar-refractivity contribution in [3.8, 4) is 0 Å². The summed E-state index contributed by atoms with van der Waals surface area (Å²) in [7, 11) is 0. The minimum atomic E-state index is -1.58. The summed E-state index contributed by atoms with van der Waals surface area (Å²) in [6, 6.07) is -0.830. The molecule has 7 unspecified atom stereocenters. The number of carbonyl (C=O) groups excluding carboxylic acids is 1. The van der Waals surface area contributed by atoms with Crippen LogP contribution < -0.4 is 5.32 Å². The van der Waals surface area contributed by atoms with Crippen molar-refractivity contribution in [2.75, 3.05) is 13.2 Å². The van der Waals surface area contributed by atoms with Gasteiger partial charge in [-0.25, -0.2) is 0 Å². The van der Waals surface area contributed by atoms with Gasteiger partial charge in [0.25, 0.3) is 0 Å². The topological polar surface area (TPSA) is 149 Å². The van der Waals surface area contributed by atoms with Crippen LogP contribution in [0.5, 0.6) is 0 Å². The van der Waals surface area contributed by atoms with Gasteiger partial charge in [-0.15, -0.1) is 0 Å². The molecule has 1 aliphatic rings. The molecule has 1 heterocycles. The molecule has 92 heavy (non-hydrogen) atoms. The van der Waals surface area contributed by atoms with Gasteiger partial charge in [-0.1, -0.05) is 383 Å². The second-order valence-electron chi connectivity index (χ2n) is 28.2. The Balaban J connectivity index is 2.06. The number of aliphatic hydroxyl groups excluding tert-OH is 5. The molecule has 0 aliphatic carbocycles. The molecule has 0 spiro atoms. The highest BCUT2D eigenvalue weighted by Gasteiger charge is 2.44. The van der Waals surface area contributed by atoms with Gasteiger partial charge in [-0.3, -0.25) is 4.79 Å². The third-order valence-electron chi connectivity index (χ3n) is 19.3. The molecule has 0 aromatic heterocycles. The molecule has 0 saturated carbocycles. The molecular weight excluding hydrogens is 1140 g/mol. The molecule has 1 aliphatic heterocycles. The van der Waals surface area contributed by atoms with E-state index in [2.05, 4.69) is 67.8 Å². The number of hydrogen-bond donors (Lipinski definition) is 6. The zero-order valence-electron chi connectivity index (χ0n) is 60.8. The SMILES string of the molecule is CCCCCCC/C=C\C/C=C\CCCCCCCCCCCCCCCCCCCCCCCCCCCCCCCC(=O)NC(COC1OC(CO)C(O)C(O)C1O)C(O)/C=C/CC/C=C/CC/C=C/CCCCCCCCCCCCCCCCCCCC. The van der Waals surface area contributed by atoms with Crippen LogP contribution in [0, 0.1) is 0 Å². The van der Waals surface area contributed by atoms with Crippen molar-refractivity contribution < 1.29 is 39.8 Å². The van der Waals surface area contributed by atoms with Gasteiger partial charge >= 0.3 is 0 Å². The Kier molecular flexibility index (Phi) is 68.5. The molecule has 0 radical (unpaired) electrons. The number of rotatable bonds is 72. The summed E-state index contributed by atoms with van der Waals surface area (Å²) in [5.41, 5.74) is 0. The van der Waals surface area contributed by atoms with Crippen LogP contribution in [0.15, 0.2) is 60.8 Å². The molecule has 1 saturated heterocycles. The van der Waals surface area contributed by atoms with Crippen molar-refractivity contribution in [2.45, 2.75) is 448 Å². The van der Waals surface area contributed by atoms with Crippen LogP contribution in [-0.2, 0) is 14.3 Å². The average molecular weight is 1300 g/mol. The fraction of sp³-hybridized carbons (Fsp3) is 0.867. The quantitative estimate of drug-likeness (QED) is 0.0261. The molecule has 1 fully saturated rings. The Morgan fingerprint density at radius 1 is 0.370 bits per heavy atom. The van der Waals surface area contributed by atoms with E-state index in [1.54, 1.807) is 6.08 Å². The number of ether oxygens (including phenoxy) is 2. The lowest BCUT2D eigenvalue weighted by atomic mass is 9.99. The first-order chi connectivity index (χ1) is 45.3. The summed E-state index contributed by atoms with van der Waals surface area (Å²) in [6.07, 6.45) is 93.9. The fourth-order valence-corrected chi connectivity index (χ4v) is 13.0. The highest BCUT2D eigenvalue weighted by molar-refractivity contribution is 5.76. The van der Waals surface area contributed by atoms with Gasteiger partial charge < -0.3 is 40.3 Å². The number of allylic oxidation sites excluding steroid dienone is 9. The zero-order chi connectivity index (χ0) is 66.4. The molecular formula is C83H155NO8. The number of carbonyl (C=O) groups is 1. The van der Waals surface area contributed by atoms with Crippen LogP contribution >= 0.6 is 0 Å². The molecule has 540 valence electrons. The van der Waals surface area contributed by atoms with E-state index >= 15 is 0 Å². The maximum Gasteiger partial charge on any atom is 0.220 e. The predicted octanol–water partition coefficient (Wildman–Crippen LogP) is 23.3. The Morgan fingerprint density at radius 3 is 0.978 bits per heavy atom. The monoisotopic (exact) mass is 1290 g/mol. The number of nitrogens with one attached hydrogen (secondary N) is 1. The van der Waals surface area contributed by atoms with Crippen molar-refractivity contribution in [1.82, 2.24) is 5.32 Å². The maximum atomic E-state index is 13.2. The predicted molar refractivity (Wildman–Crippen MR) is 396 cm³/mol. The Labute approximate surface area is 570 Å². The van der Waals surface area contributed by atoms with Crippen molar-refractivity contribution in [3.63, 3.8) is 0 Å². The Hall–Kier alpha value is -2.11. The second-order valence-corrected chi connectivity index (χ2v) is 28.2. The smallest absolute Gasteiger partial charge is 0.220 e. The van der Waals surface area contributed by atoms with Gasteiger partial charge in [0.05, 0.1) is 25.4 Å². The second kappa shape index (κ2) is 71.7. The summed E-state index contributed by atoms with van der Waals surface area (Å²) < 4.78 is 11.3. The zero-order valence-corrected chi connectivity index (χ0v) is 60.8. The minimum absolute atomic E-state index is 0.183. The van der Waals surface area contributed by atoms with Crippen molar-refractivity contribution in [2.24, 2.45) is 0 Å². The number of hydrogen-bond acceptors (Lipinski definition) is 8. The molecule has 6 N–H and O–H groups in total. The van der Waals surface area contributed by atoms with E-state index in [0.717, 1.165) is 51.4 Å². The standard InChI is InChI=1S/C83H155NO8/c1-3-5-7-9-11-13-15-17-19-21-23-25-27-29-31-33-34-35-36-37-38-39-40-41-42-43-44-45-47-49-51-53-55-57-59-61-63-65-67-69-71-73-79(87)84-76(75-91-83-82(90)81(89)80(88)78(74-85)92-83)77(86)72-70-68-66-64-62-60-58-56-54-52-50-48-46-32-30-28-26-24-22-20-18-16-14-12-10-8-6-4-2/h15,17,21,23,54,56,62,64,70,72,76-78,80-83,85-86,88-90H,3-14,16,18-20,22,24-53,55,57-61,63,65-69,71,73-75H2,1-2H3,(H,84,87)/b17-15-,23-21-,56-54+,64-62+,72-70+. The molecule has 7 atom stereocenters. The molecule has 0 bridgehead atoms. The first-order valence-corrected chi connectivity index (χ1v) is 40.5. The van der Waals surface area contributed by atoms with Crippen molar-refractivity contribution >= 4 is 5.91 Å². The van der Waals surface area contributed by atoms with Gasteiger partial charge in [0.1, 0.15) is 24.4 Å². The third kappa shape index (κ3) is 59.2. The van der Waals surface area contributed by atoms with Gasteiger partial charge in [-0.05, 0) is 77.0 Å². The van der Waals surface area contributed by atoms with E-state index in [1.807, 2.05) is 6.08 Å². The Bertz CT molecular complexity index is 1650. The van der Waals surface area contributed by atoms with E-state index < -0.39 is 49.5 Å². The van der Waals surface area contributed by atoms with E-state index in [0.29, 0.717) is 6.42 Å². The molecule has 0 aromatic rings. The van der Waals surface area contributed by atoms with E-state index in [4.69, 9.17) is 9.47 Å². The van der Waals surface area contributed by atoms with Crippen LogP contribution in [0.2, 0.25) is 0 Å². The van der Waals surface area contributed by atoms with E-state index in [-0.39, 0.29) is 12.5 Å². The average Bonchev–Trinajstić information content (AvgIpc) is 1.00. The lowest BCUT2D eigenvalue weighted by Gasteiger charge is -2.40. The summed E-state index contributed by atoms with van der Waals surface area (Å²) in [5.74, 6) is -0.183. The first-order valence-electron chi connectivity index (χ1n) is 40.5. The summed E-state index contributed by atoms with van der Waals surface area (Å²) >= 11 is 0. The molecule has 1 rings (SSSR count). The number of aliphatic hydroxyl groups is 5. The minimum Gasteiger partial charge on any atom is -0.394 e. The third-order valence-corrected chi connectivity index (χ3v) is 19.3. The summed E-state index contributed by atoms with van der Waals surface area (Å²) in [6.45, 7) is 3.80. The highest BCUT2D eigenvalue weighted by atomic mass is 16.7. The van der Waals surface area contributed by atoms with E-state index in [9.17, 15) is 30.3 Å². The summed E-state index contributed by atoms with van der Waals surface area (Å²) in [4.78, 5) is 13.2. The Morgan fingerprint density at radius 2 is 0.652 bits per heavy atom. The number of amides is 1.